The smallest absolute Gasteiger partial charge is 0.162 e. The minimum absolute atomic E-state index is 0.423. The molecule has 0 aliphatic heterocycles. The van der Waals surface area contributed by atoms with Crippen molar-refractivity contribution < 1.29 is 0 Å². The van der Waals surface area contributed by atoms with Crippen LogP contribution in [-0.2, 0) is 0 Å². The minimum atomic E-state index is 0.423. The zero-order valence-corrected chi connectivity index (χ0v) is 14.3. The van der Waals surface area contributed by atoms with E-state index in [9.17, 15) is 0 Å². The van der Waals surface area contributed by atoms with Crippen LogP contribution in [0.15, 0.2) is 0 Å². The molecule has 0 aromatic carbocycles. The topological polar surface area (TPSA) is 55.0 Å². The molecular weight excluding hydrogens is 280 g/mol. The molecule has 0 unspecified atom stereocenters. The predicted molar refractivity (Wildman–Crippen MR) is 91.8 cm³/mol. The Morgan fingerprint density at radius 3 is 2.43 bits per heavy atom. The molecule has 0 bridgehead atoms. The highest BCUT2D eigenvalue weighted by Gasteiger charge is 2.28. The fourth-order valence-electron chi connectivity index (χ4n) is 3.11. The van der Waals surface area contributed by atoms with Gasteiger partial charge in [0.25, 0.3) is 0 Å². The molecule has 1 fully saturated rings. The van der Waals surface area contributed by atoms with E-state index in [1.165, 1.54) is 25.7 Å². The Bertz CT molecular complexity index is 521. The van der Waals surface area contributed by atoms with E-state index in [-0.39, 0.29) is 0 Å². The quantitative estimate of drug-likeness (QED) is 0.847. The lowest BCUT2D eigenvalue weighted by Crippen LogP contribution is -2.39. The van der Waals surface area contributed by atoms with Gasteiger partial charge in [-0.2, -0.15) is 5.10 Å². The van der Waals surface area contributed by atoms with Crippen LogP contribution in [0.3, 0.4) is 0 Å². The Balaban J connectivity index is 2.48. The molecule has 1 aliphatic rings. The lowest BCUT2D eigenvalue weighted by Gasteiger charge is -2.33. The van der Waals surface area contributed by atoms with E-state index >= 15 is 0 Å². The van der Waals surface area contributed by atoms with Crippen molar-refractivity contribution in [1.82, 2.24) is 10.2 Å². The fourth-order valence-corrected chi connectivity index (χ4v) is 3.35. The van der Waals surface area contributed by atoms with Gasteiger partial charge in [0.1, 0.15) is 4.99 Å². The van der Waals surface area contributed by atoms with E-state index in [1.807, 2.05) is 13.8 Å². The van der Waals surface area contributed by atoms with Gasteiger partial charge in [0.2, 0.25) is 0 Å². The van der Waals surface area contributed by atoms with Gasteiger partial charge in [-0.05, 0) is 38.2 Å². The normalized spacial score (nSPS) is 15.7. The summed E-state index contributed by atoms with van der Waals surface area (Å²) < 4.78 is 0. The Hall–Kier alpha value is -1.23. The van der Waals surface area contributed by atoms with Crippen LogP contribution >= 0.6 is 12.2 Å². The number of nitrogens with zero attached hydrogens (tertiary/aromatic N) is 3. The molecule has 0 amide bonds. The standard InChI is InChI=1S/C16H26N4S/c1-10(2)9-20(13-7-5-6-8-13)16-14(15(17)21)11(3)12(4)18-19-16/h10,13H,5-9H2,1-4H3,(H2,17,21). The van der Waals surface area contributed by atoms with Gasteiger partial charge in [-0.3, -0.25) is 0 Å². The summed E-state index contributed by atoms with van der Waals surface area (Å²) in [6, 6.07) is 0.539. The highest BCUT2D eigenvalue weighted by molar-refractivity contribution is 7.80. The van der Waals surface area contributed by atoms with Crippen molar-refractivity contribution in [3.63, 3.8) is 0 Å². The molecule has 0 radical (unpaired) electrons. The van der Waals surface area contributed by atoms with Crippen molar-refractivity contribution >= 4 is 23.0 Å². The molecule has 0 saturated heterocycles. The van der Waals surface area contributed by atoms with E-state index in [0.717, 1.165) is 29.2 Å². The van der Waals surface area contributed by atoms with Crippen LogP contribution in [0.2, 0.25) is 0 Å². The zero-order valence-electron chi connectivity index (χ0n) is 13.5. The van der Waals surface area contributed by atoms with Gasteiger partial charge < -0.3 is 10.6 Å². The third-order valence-electron chi connectivity index (χ3n) is 4.28. The lowest BCUT2D eigenvalue weighted by atomic mass is 10.1. The van der Waals surface area contributed by atoms with Crippen LogP contribution in [0.4, 0.5) is 5.82 Å². The van der Waals surface area contributed by atoms with Crippen LogP contribution in [0.5, 0.6) is 0 Å². The molecule has 0 spiro atoms. The number of anilines is 1. The second-order valence-electron chi connectivity index (χ2n) is 6.46. The van der Waals surface area contributed by atoms with Gasteiger partial charge in [0.15, 0.2) is 5.82 Å². The fraction of sp³-hybridized carbons (Fsp3) is 0.688. The molecule has 1 heterocycles. The summed E-state index contributed by atoms with van der Waals surface area (Å²) in [4.78, 5) is 2.82. The molecule has 0 atom stereocenters. The Kier molecular flexibility index (Phi) is 5.14. The predicted octanol–water partition coefficient (Wildman–Crippen LogP) is 3.13. The first-order valence-electron chi connectivity index (χ1n) is 7.82. The van der Waals surface area contributed by atoms with E-state index in [2.05, 4.69) is 28.9 Å². The Morgan fingerprint density at radius 1 is 1.29 bits per heavy atom. The summed E-state index contributed by atoms with van der Waals surface area (Å²) in [7, 11) is 0. The van der Waals surface area contributed by atoms with E-state index in [0.29, 0.717) is 16.9 Å². The maximum Gasteiger partial charge on any atom is 0.162 e. The highest BCUT2D eigenvalue weighted by atomic mass is 32.1. The Labute approximate surface area is 133 Å². The number of rotatable bonds is 5. The number of hydrogen-bond donors (Lipinski definition) is 1. The molecule has 5 heteroatoms. The molecule has 2 rings (SSSR count). The summed E-state index contributed by atoms with van der Waals surface area (Å²) in [5.74, 6) is 1.44. The average molecular weight is 306 g/mol. The first-order chi connectivity index (χ1) is 9.91. The van der Waals surface area contributed by atoms with Crippen molar-refractivity contribution in [2.45, 2.75) is 59.4 Å². The number of hydrogen-bond acceptors (Lipinski definition) is 4. The van der Waals surface area contributed by atoms with E-state index in [1.54, 1.807) is 0 Å². The maximum atomic E-state index is 5.99. The van der Waals surface area contributed by atoms with Crippen molar-refractivity contribution in [3.8, 4) is 0 Å². The highest BCUT2D eigenvalue weighted by Crippen LogP contribution is 2.31. The number of nitrogens with two attached hydrogens (primary N) is 1. The molecule has 21 heavy (non-hydrogen) atoms. The molecule has 1 saturated carbocycles. The molecule has 2 N–H and O–H groups in total. The monoisotopic (exact) mass is 306 g/mol. The zero-order chi connectivity index (χ0) is 15.6. The number of thiocarbonyl (C=S) groups is 1. The molecule has 1 aromatic heterocycles. The van der Waals surface area contributed by atoms with Crippen LogP contribution in [0.25, 0.3) is 0 Å². The average Bonchev–Trinajstić information content (AvgIpc) is 2.92. The van der Waals surface area contributed by atoms with Crippen molar-refractivity contribution in [3.05, 3.63) is 16.8 Å². The van der Waals surface area contributed by atoms with Crippen LogP contribution in [0.1, 0.15) is 56.4 Å². The van der Waals surface area contributed by atoms with Crippen molar-refractivity contribution in [1.29, 1.82) is 0 Å². The van der Waals surface area contributed by atoms with Gasteiger partial charge in [-0.15, -0.1) is 5.10 Å². The summed E-state index contributed by atoms with van der Waals surface area (Å²) >= 11 is 5.29. The molecular formula is C16H26N4S. The summed E-state index contributed by atoms with van der Waals surface area (Å²) in [6.45, 7) is 9.42. The van der Waals surface area contributed by atoms with Gasteiger partial charge in [-0.25, -0.2) is 0 Å². The van der Waals surface area contributed by atoms with Crippen LogP contribution in [0, 0.1) is 19.8 Å². The van der Waals surface area contributed by atoms with Gasteiger partial charge in [-0.1, -0.05) is 38.9 Å². The minimum Gasteiger partial charge on any atom is -0.389 e. The van der Waals surface area contributed by atoms with Gasteiger partial charge >= 0.3 is 0 Å². The first kappa shape index (κ1) is 16.1. The van der Waals surface area contributed by atoms with Crippen LogP contribution < -0.4 is 10.6 Å². The second-order valence-corrected chi connectivity index (χ2v) is 6.90. The lowest BCUT2D eigenvalue weighted by molar-refractivity contribution is 0.528. The van der Waals surface area contributed by atoms with E-state index in [4.69, 9.17) is 18.0 Å². The first-order valence-corrected chi connectivity index (χ1v) is 8.23. The van der Waals surface area contributed by atoms with Crippen LogP contribution in [-0.4, -0.2) is 27.8 Å². The van der Waals surface area contributed by atoms with Crippen molar-refractivity contribution in [2.24, 2.45) is 11.7 Å². The molecule has 116 valence electrons. The van der Waals surface area contributed by atoms with E-state index < -0.39 is 0 Å². The molecule has 4 nitrogen and oxygen atoms in total. The largest absolute Gasteiger partial charge is 0.389 e. The molecule has 1 aliphatic carbocycles. The summed E-state index contributed by atoms with van der Waals surface area (Å²) in [5, 5.41) is 8.78. The number of aryl methyl sites for hydroxylation is 1. The second kappa shape index (κ2) is 6.69. The van der Waals surface area contributed by atoms with Gasteiger partial charge in [0.05, 0.1) is 11.3 Å². The van der Waals surface area contributed by atoms with Crippen molar-refractivity contribution in [2.75, 3.05) is 11.4 Å². The SMILES string of the molecule is Cc1nnc(N(CC(C)C)C2CCCC2)c(C(N)=S)c1C. The Morgan fingerprint density at radius 2 is 1.90 bits per heavy atom. The third-order valence-corrected chi connectivity index (χ3v) is 4.49. The number of aromatic nitrogens is 2. The summed E-state index contributed by atoms with van der Waals surface area (Å²) in [5.41, 5.74) is 8.85. The molecule has 1 aromatic rings. The summed E-state index contributed by atoms with van der Waals surface area (Å²) in [6.07, 6.45) is 5.02. The maximum absolute atomic E-state index is 5.99. The van der Waals surface area contributed by atoms with Gasteiger partial charge in [0, 0.05) is 12.6 Å². The third kappa shape index (κ3) is 3.51.